The molecule has 0 saturated heterocycles. The van der Waals surface area contributed by atoms with Crippen LogP contribution in [0.3, 0.4) is 0 Å². The molecule has 9 nitrogen and oxygen atoms in total. The van der Waals surface area contributed by atoms with Crippen LogP contribution in [0.1, 0.15) is 29.7 Å². The van der Waals surface area contributed by atoms with Crippen molar-refractivity contribution in [1.82, 2.24) is 14.8 Å². The zero-order valence-corrected chi connectivity index (χ0v) is 13.5. The number of nitrogens with zero attached hydrogens (tertiary/aromatic N) is 4. The Bertz CT molecular complexity index is 838. The van der Waals surface area contributed by atoms with Crippen LogP contribution >= 0.6 is 0 Å². The second-order valence-electron chi connectivity index (χ2n) is 4.96. The van der Waals surface area contributed by atoms with Crippen molar-refractivity contribution in [1.29, 1.82) is 0 Å². The molecule has 2 aromatic heterocycles. The Labute approximate surface area is 132 Å². The number of carbonyl (C=O) groups excluding carboxylic acids is 1. The number of sulfonamides is 1. The van der Waals surface area contributed by atoms with Crippen molar-refractivity contribution in [3.8, 4) is 0 Å². The van der Waals surface area contributed by atoms with Gasteiger partial charge in [0.2, 0.25) is 11.7 Å². The van der Waals surface area contributed by atoms with Gasteiger partial charge < -0.3 is 9.15 Å². The number of hydrogen-bond acceptors (Lipinski definition) is 7. The van der Waals surface area contributed by atoms with E-state index in [1.807, 2.05) is 0 Å². The number of anilines is 1. The maximum absolute atomic E-state index is 13.0. The first-order chi connectivity index (χ1) is 11.0. The van der Waals surface area contributed by atoms with Gasteiger partial charge in [-0.3, -0.25) is 0 Å². The average molecular weight is 340 g/mol. The lowest BCUT2D eigenvalue weighted by molar-refractivity contribution is 0.0563. The molecule has 1 aliphatic rings. The Morgan fingerprint density at radius 2 is 2.22 bits per heavy atom. The lowest BCUT2D eigenvalue weighted by atomic mass is 10.3. The average Bonchev–Trinajstić information content (AvgIpc) is 3.20. The first kappa shape index (κ1) is 15.5. The zero-order chi connectivity index (χ0) is 16.6. The number of furan rings is 1. The van der Waals surface area contributed by atoms with Crippen molar-refractivity contribution in [3.63, 3.8) is 0 Å². The van der Waals surface area contributed by atoms with Crippen LogP contribution in [0.2, 0.25) is 0 Å². The third kappa shape index (κ3) is 2.48. The predicted molar refractivity (Wildman–Crippen MR) is 78.6 cm³/mol. The second-order valence-corrected chi connectivity index (χ2v) is 6.79. The third-order valence-corrected chi connectivity index (χ3v) is 5.42. The summed E-state index contributed by atoms with van der Waals surface area (Å²) in [6, 6.07) is 1.20. The summed E-state index contributed by atoms with van der Waals surface area (Å²) in [6.07, 6.45) is 2.27. The summed E-state index contributed by atoms with van der Waals surface area (Å²) < 4.78 is 38.6. The standard InChI is InChI=1S/C13H16N4O5S/c1-3-9-11(7-10(22-9)12(18)21-2)23(19,20)17-6-4-5-16-13(17)14-8-15-16/h7-8H,3-6H2,1-2H3. The molecule has 0 N–H and O–H groups in total. The van der Waals surface area contributed by atoms with Gasteiger partial charge in [-0.15, -0.1) is 0 Å². The number of esters is 1. The van der Waals surface area contributed by atoms with Crippen molar-refractivity contribution in [2.75, 3.05) is 18.0 Å². The van der Waals surface area contributed by atoms with E-state index in [9.17, 15) is 13.2 Å². The largest absolute Gasteiger partial charge is 0.463 e. The molecule has 0 unspecified atom stereocenters. The van der Waals surface area contributed by atoms with Crippen LogP contribution < -0.4 is 4.31 Å². The van der Waals surface area contributed by atoms with E-state index in [0.29, 0.717) is 25.9 Å². The number of ether oxygens (including phenoxy) is 1. The molecule has 0 spiro atoms. The minimum atomic E-state index is -3.90. The maximum Gasteiger partial charge on any atom is 0.373 e. The fourth-order valence-corrected chi connectivity index (χ4v) is 4.19. The van der Waals surface area contributed by atoms with Gasteiger partial charge >= 0.3 is 5.97 Å². The van der Waals surface area contributed by atoms with Crippen molar-refractivity contribution >= 4 is 21.9 Å². The van der Waals surface area contributed by atoms with Crippen LogP contribution in [0.4, 0.5) is 5.95 Å². The molecule has 0 fully saturated rings. The highest BCUT2D eigenvalue weighted by molar-refractivity contribution is 7.92. The number of fused-ring (bicyclic) bond motifs is 1. The summed E-state index contributed by atoms with van der Waals surface area (Å²) in [4.78, 5) is 15.6. The molecule has 0 radical (unpaired) electrons. The normalized spacial score (nSPS) is 14.6. The molecule has 2 aromatic rings. The molecule has 0 atom stereocenters. The maximum atomic E-state index is 13.0. The first-order valence-electron chi connectivity index (χ1n) is 7.10. The lowest BCUT2D eigenvalue weighted by Gasteiger charge is -2.26. The summed E-state index contributed by atoms with van der Waals surface area (Å²) in [7, 11) is -2.69. The molecule has 0 amide bonds. The lowest BCUT2D eigenvalue weighted by Crippen LogP contribution is -2.38. The monoisotopic (exact) mass is 340 g/mol. The molecule has 3 rings (SSSR count). The molecule has 0 aromatic carbocycles. The first-order valence-corrected chi connectivity index (χ1v) is 8.54. The number of aromatic nitrogens is 3. The fraction of sp³-hybridized carbons (Fsp3) is 0.462. The van der Waals surface area contributed by atoms with Crippen LogP contribution in [0.15, 0.2) is 21.7 Å². The zero-order valence-electron chi connectivity index (χ0n) is 12.7. The number of methoxy groups -OCH3 is 1. The molecule has 23 heavy (non-hydrogen) atoms. The van der Waals surface area contributed by atoms with Gasteiger partial charge in [-0.2, -0.15) is 10.1 Å². The minimum absolute atomic E-state index is 0.0446. The highest BCUT2D eigenvalue weighted by Crippen LogP contribution is 2.29. The molecular formula is C13H16N4O5S. The van der Waals surface area contributed by atoms with Crippen molar-refractivity contribution < 1.29 is 22.4 Å². The van der Waals surface area contributed by atoms with E-state index in [1.165, 1.54) is 28.5 Å². The van der Waals surface area contributed by atoms with Crippen molar-refractivity contribution in [3.05, 3.63) is 23.9 Å². The summed E-state index contributed by atoms with van der Waals surface area (Å²) in [5.41, 5.74) is 0. The van der Waals surface area contributed by atoms with Gasteiger partial charge in [0.25, 0.3) is 10.0 Å². The molecule has 3 heterocycles. The van der Waals surface area contributed by atoms with Crippen LogP contribution in [0.25, 0.3) is 0 Å². The van der Waals surface area contributed by atoms with Gasteiger partial charge in [0.15, 0.2) is 0 Å². The van der Waals surface area contributed by atoms with Crippen LogP contribution in [-0.2, 0) is 27.7 Å². The molecule has 0 saturated carbocycles. The van der Waals surface area contributed by atoms with E-state index in [-0.39, 0.29) is 22.4 Å². The molecule has 1 aliphatic heterocycles. The predicted octanol–water partition coefficient (Wildman–Crippen LogP) is 0.819. The van der Waals surface area contributed by atoms with E-state index < -0.39 is 16.0 Å². The summed E-state index contributed by atoms with van der Waals surface area (Å²) >= 11 is 0. The summed E-state index contributed by atoms with van der Waals surface area (Å²) in [5, 5.41) is 4.01. The van der Waals surface area contributed by atoms with Crippen molar-refractivity contribution in [2.45, 2.75) is 31.2 Å². The van der Waals surface area contributed by atoms with E-state index in [0.717, 1.165) is 0 Å². The van der Waals surface area contributed by atoms with Gasteiger partial charge in [0.05, 0.1) is 7.11 Å². The molecule has 10 heteroatoms. The van der Waals surface area contributed by atoms with Crippen molar-refractivity contribution in [2.24, 2.45) is 0 Å². The Morgan fingerprint density at radius 1 is 1.43 bits per heavy atom. The SMILES string of the molecule is CCc1oc(C(=O)OC)cc1S(=O)(=O)N1CCCn2ncnc21. The van der Waals surface area contributed by atoms with E-state index >= 15 is 0 Å². The highest BCUT2D eigenvalue weighted by Gasteiger charge is 2.35. The van der Waals surface area contributed by atoms with Gasteiger partial charge in [0.1, 0.15) is 17.0 Å². The highest BCUT2D eigenvalue weighted by atomic mass is 32.2. The molecule has 0 aliphatic carbocycles. The van der Waals surface area contributed by atoms with E-state index in [4.69, 9.17) is 4.42 Å². The third-order valence-electron chi connectivity index (χ3n) is 3.60. The van der Waals surface area contributed by atoms with E-state index in [2.05, 4.69) is 14.8 Å². The Kier molecular flexibility index (Phi) is 3.84. The number of rotatable bonds is 4. The Hall–Kier alpha value is -2.36. The van der Waals surface area contributed by atoms with Crippen LogP contribution in [0.5, 0.6) is 0 Å². The molecule has 124 valence electrons. The quantitative estimate of drug-likeness (QED) is 0.758. The minimum Gasteiger partial charge on any atom is -0.463 e. The number of aryl methyl sites for hydroxylation is 2. The Balaban J connectivity index is 2.08. The number of hydrogen-bond donors (Lipinski definition) is 0. The topological polar surface area (TPSA) is 108 Å². The van der Waals surface area contributed by atoms with Crippen LogP contribution in [0, 0.1) is 0 Å². The van der Waals surface area contributed by atoms with E-state index in [1.54, 1.807) is 6.92 Å². The summed E-state index contributed by atoms with van der Waals surface area (Å²) in [6.45, 7) is 2.65. The second kappa shape index (κ2) is 5.69. The Morgan fingerprint density at radius 3 is 2.91 bits per heavy atom. The smallest absolute Gasteiger partial charge is 0.373 e. The molecular weight excluding hydrogens is 324 g/mol. The van der Waals surface area contributed by atoms with Gasteiger partial charge in [-0.25, -0.2) is 22.2 Å². The number of carbonyl (C=O) groups is 1. The van der Waals surface area contributed by atoms with Crippen LogP contribution in [-0.4, -0.2) is 42.8 Å². The van der Waals surface area contributed by atoms with Gasteiger partial charge in [-0.05, 0) is 6.42 Å². The van der Waals surface area contributed by atoms with Gasteiger partial charge in [-0.1, -0.05) is 6.92 Å². The fourth-order valence-electron chi connectivity index (χ4n) is 2.50. The van der Waals surface area contributed by atoms with Gasteiger partial charge in [0, 0.05) is 25.6 Å². The summed E-state index contributed by atoms with van der Waals surface area (Å²) in [5.74, 6) is -0.384. The molecule has 0 bridgehead atoms.